The van der Waals surface area contributed by atoms with Crippen LogP contribution in [0.4, 0.5) is 5.82 Å². The van der Waals surface area contributed by atoms with Crippen LogP contribution >= 0.6 is 0 Å². The number of aryl methyl sites for hydroxylation is 2. The van der Waals surface area contributed by atoms with E-state index < -0.39 is 0 Å². The molecule has 10 heteroatoms. The summed E-state index contributed by atoms with van der Waals surface area (Å²) in [5.41, 5.74) is 3.18. The predicted octanol–water partition coefficient (Wildman–Crippen LogP) is 0.723. The number of nitrogens with zero attached hydrogens (tertiary/aromatic N) is 8. The van der Waals surface area contributed by atoms with Crippen LogP contribution in [0.3, 0.4) is 0 Å². The molecule has 30 heavy (non-hydrogen) atoms. The van der Waals surface area contributed by atoms with E-state index in [1.54, 1.807) is 24.4 Å². The Kier molecular flexibility index (Phi) is 4.65. The quantitative estimate of drug-likeness (QED) is 0.612. The maximum absolute atomic E-state index is 12.9. The van der Waals surface area contributed by atoms with E-state index in [0.717, 1.165) is 48.9 Å². The lowest BCUT2D eigenvalue weighted by Gasteiger charge is -2.22. The molecule has 0 aliphatic carbocycles. The van der Waals surface area contributed by atoms with Crippen molar-refractivity contribution >= 4 is 22.9 Å². The standard InChI is InChI=1S/C20H26N8O2/c1-13-6-16(25(2)24-13)20(29)28-9-14-7-27(8-15(14)10-28)19-17-18(21-11-22-19)26(12-23-17)4-5-30-3/h6,11-12,14-15H,4-5,7-10H2,1-3H3. The Morgan fingerprint density at radius 1 is 1.17 bits per heavy atom. The van der Waals surface area contributed by atoms with Gasteiger partial charge in [0.15, 0.2) is 17.0 Å². The number of hydrogen-bond acceptors (Lipinski definition) is 7. The maximum Gasteiger partial charge on any atom is 0.272 e. The van der Waals surface area contributed by atoms with Crippen LogP contribution in [0, 0.1) is 18.8 Å². The second-order valence-corrected chi connectivity index (χ2v) is 8.23. The van der Waals surface area contributed by atoms with Crippen molar-refractivity contribution in [3.63, 3.8) is 0 Å². The van der Waals surface area contributed by atoms with Crippen LogP contribution in [0.1, 0.15) is 16.2 Å². The van der Waals surface area contributed by atoms with Gasteiger partial charge in [-0.25, -0.2) is 15.0 Å². The summed E-state index contributed by atoms with van der Waals surface area (Å²) in [6.45, 7) is 6.50. The number of imidazole rings is 1. The molecule has 0 radical (unpaired) electrons. The maximum atomic E-state index is 12.9. The average molecular weight is 410 g/mol. The number of methoxy groups -OCH3 is 1. The van der Waals surface area contributed by atoms with E-state index in [9.17, 15) is 4.79 Å². The first-order valence-electron chi connectivity index (χ1n) is 10.2. The molecular formula is C20H26N8O2. The second kappa shape index (κ2) is 7.35. The summed E-state index contributed by atoms with van der Waals surface area (Å²) in [4.78, 5) is 30.7. The van der Waals surface area contributed by atoms with E-state index in [0.29, 0.717) is 30.7 Å². The fourth-order valence-electron chi connectivity index (χ4n) is 4.76. The summed E-state index contributed by atoms with van der Waals surface area (Å²) < 4.78 is 8.85. The molecule has 0 aromatic carbocycles. The minimum atomic E-state index is 0.0698. The summed E-state index contributed by atoms with van der Waals surface area (Å²) >= 11 is 0. The van der Waals surface area contributed by atoms with Crippen LogP contribution in [0.5, 0.6) is 0 Å². The number of likely N-dealkylation sites (tertiary alicyclic amines) is 1. The largest absolute Gasteiger partial charge is 0.383 e. The average Bonchev–Trinajstić information content (AvgIpc) is 3.47. The molecule has 1 amide bonds. The molecule has 3 aromatic rings. The van der Waals surface area contributed by atoms with Gasteiger partial charge in [-0.3, -0.25) is 9.48 Å². The van der Waals surface area contributed by atoms with Gasteiger partial charge in [-0.1, -0.05) is 0 Å². The second-order valence-electron chi connectivity index (χ2n) is 8.23. The number of anilines is 1. The minimum Gasteiger partial charge on any atom is -0.383 e. The zero-order chi connectivity index (χ0) is 20.8. The van der Waals surface area contributed by atoms with E-state index in [1.807, 2.05) is 29.5 Å². The SMILES string of the molecule is COCCn1cnc2c(N3CC4CN(C(=O)c5cc(C)nn5C)CC4C3)ncnc21. The number of carbonyl (C=O) groups is 1. The Balaban J connectivity index is 1.31. The summed E-state index contributed by atoms with van der Waals surface area (Å²) in [6, 6.07) is 1.86. The molecule has 5 heterocycles. The molecule has 2 fully saturated rings. The number of hydrogen-bond donors (Lipinski definition) is 0. The van der Waals surface area contributed by atoms with Crippen molar-refractivity contribution in [2.24, 2.45) is 18.9 Å². The van der Waals surface area contributed by atoms with Crippen LogP contribution in [-0.2, 0) is 18.3 Å². The van der Waals surface area contributed by atoms with Gasteiger partial charge in [0.25, 0.3) is 5.91 Å². The lowest BCUT2D eigenvalue weighted by molar-refractivity contribution is 0.0771. The van der Waals surface area contributed by atoms with E-state index in [2.05, 4.69) is 25.0 Å². The molecule has 2 atom stereocenters. The molecule has 0 bridgehead atoms. The Morgan fingerprint density at radius 3 is 2.60 bits per heavy atom. The molecule has 10 nitrogen and oxygen atoms in total. The number of fused-ring (bicyclic) bond motifs is 2. The highest BCUT2D eigenvalue weighted by Gasteiger charge is 2.43. The summed E-state index contributed by atoms with van der Waals surface area (Å²) in [7, 11) is 3.51. The van der Waals surface area contributed by atoms with Gasteiger partial charge in [0, 0.05) is 58.7 Å². The third kappa shape index (κ3) is 3.11. The number of rotatable bonds is 5. The van der Waals surface area contributed by atoms with Gasteiger partial charge in [-0.2, -0.15) is 5.10 Å². The molecule has 5 rings (SSSR count). The molecule has 158 valence electrons. The van der Waals surface area contributed by atoms with Crippen molar-refractivity contribution in [2.75, 3.05) is 44.8 Å². The minimum absolute atomic E-state index is 0.0698. The Morgan fingerprint density at radius 2 is 1.93 bits per heavy atom. The van der Waals surface area contributed by atoms with Crippen molar-refractivity contribution < 1.29 is 9.53 Å². The van der Waals surface area contributed by atoms with E-state index in [4.69, 9.17) is 4.74 Å². The Bertz CT molecular complexity index is 1080. The van der Waals surface area contributed by atoms with Gasteiger partial charge >= 0.3 is 0 Å². The predicted molar refractivity (Wildman–Crippen MR) is 110 cm³/mol. The van der Waals surface area contributed by atoms with Crippen LogP contribution < -0.4 is 4.90 Å². The van der Waals surface area contributed by atoms with Gasteiger partial charge < -0.3 is 19.1 Å². The molecule has 2 unspecified atom stereocenters. The lowest BCUT2D eigenvalue weighted by atomic mass is 10.0. The van der Waals surface area contributed by atoms with Crippen LogP contribution in [0.15, 0.2) is 18.7 Å². The molecule has 0 spiro atoms. The summed E-state index contributed by atoms with van der Waals surface area (Å²) in [6.07, 6.45) is 3.41. The van der Waals surface area contributed by atoms with Crippen molar-refractivity contribution in [2.45, 2.75) is 13.5 Å². The monoisotopic (exact) mass is 410 g/mol. The van der Waals surface area contributed by atoms with E-state index in [1.165, 1.54) is 0 Å². The lowest BCUT2D eigenvalue weighted by Crippen LogP contribution is -2.34. The molecule has 0 N–H and O–H groups in total. The first kappa shape index (κ1) is 19.0. The number of carbonyl (C=O) groups excluding carboxylic acids is 1. The molecule has 3 aromatic heterocycles. The van der Waals surface area contributed by atoms with E-state index in [-0.39, 0.29) is 5.91 Å². The van der Waals surface area contributed by atoms with E-state index >= 15 is 0 Å². The first-order chi connectivity index (χ1) is 14.5. The number of amides is 1. The van der Waals surface area contributed by atoms with Crippen molar-refractivity contribution in [1.29, 1.82) is 0 Å². The molecule has 0 saturated carbocycles. The smallest absolute Gasteiger partial charge is 0.272 e. The Hall–Kier alpha value is -3.01. The van der Waals surface area contributed by atoms with Gasteiger partial charge in [0.2, 0.25) is 0 Å². The highest BCUT2D eigenvalue weighted by molar-refractivity contribution is 5.93. The molecule has 2 aliphatic rings. The highest BCUT2D eigenvalue weighted by atomic mass is 16.5. The summed E-state index contributed by atoms with van der Waals surface area (Å²) in [5.74, 6) is 1.82. The fourth-order valence-corrected chi connectivity index (χ4v) is 4.76. The molecular weight excluding hydrogens is 384 g/mol. The topological polar surface area (TPSA) is 94.2 Å². The first-order valence-corrected chi connectivity index (χ1v) is 10.2. The number of aromatic nitrogens is 6. The summed E-state index contributed by atoms with van der Waals surface area (Å²) in [5, 5.41) is 4.31. The van der Waals surface area contributed by atoms with Gasteiger partial charge in [-0.15, -0.1) is 0 Å². The van der Waals surface area contributed by atoms with Crippen LogP contribution in [0.2, 0.25) is 0 Å². The van der Waals surface area contributed by atoms with Crippen LogP contribution in [0.25, 0.3) is 11.2 Å². The number of ether oxygens (including phenoxy) is 1. The third-order valence-electron chi connectivity index (χ3n) is 6.21. The third-order valence-corrected chi connectivity index (χ3v) is 6.21. The van der Waals surface area contributed by atoms with Crippen molar-refractivity contribution in [1.82, 2.24) is 34.2 Å². The molecule has 2 saturated heterocycles. The molecule has 2 aliphatic heterocycles. The van der Waals surface area contributed by atoms with Crippen molar-refractivity contribution in [3.05, 3.63) is 30.1 Å². The highest BCUT2D eigenvalue weighted by Crippen LogP contribution is 2.35. The zero-order valence-corrected chi connectivity index (χ0v) is 17.5. The Labute approximate surface area is 174 Å². The van der Waals surface area contributed by atoms with Gasteiger partial charge in [0.05, 0.1) is 18.6 Å². The zero-order valence-electron chi connectivity index (χ0n) is 17.5. The van der Waals surface area contributed by atoms with Crippen LogP contribution in [-0.4, -0.2) is 80.0 Å². The normalized spacial score (nSPS) is 21.0. The van der Waals surface area contributed by atoms with Gasteiger partial charge in [-0.05, 0) is 13.0 Å². The van der Waals surface area contributed by atoms with Crippen molar-refractivity contribution in [3.8, 4) is 0 Å². The fraction of sp³-hybridized carbons (Fsp3) is 0.550. The van der Waals surface area contributed by atoms with Gasteiger partial charge in [0.1, 0.15) is 12.0 Å².